The summed E-state index contributed by atoms with van der Waals surface area (Å²) in [5.41, 5.74) is 7.99. The van der Waals surface area contributed by atoms with E-state index in [1.165, 1.54) is 23.8 Å². The number of fused-ring (bicyclic) bond motifs is 2. The number of oxime groups is 1. The van der Waals surface area contributed by atoms with Gasteiger partial charge in [0.15, 0.2) is 10.8 Å². The Kier molecular flexibility index (Phi) is 7.73. The van der Waals surface area contributed by atoms with Gasteiger partial charge in [-0.2, -0.15) is 4.40 Å². The number of carboxylic acids is 1. The molecule has 6 rings (SSSR count). The molecule has 0 saturated carbocycles. The first-order chi connectivity index (χ1) is 20.9. The van der Waals surface area contributed by atoms with Crippen LogP contribution in [0.15, 0.2) is 82.9 Å². The van der Waals surface area contributed by atoms with E-state index in [0.29, 0.717) is 23.7 Å². The summed E-state index contributed by atoms with van der Waals surface area (Å²) < 4.78 is 9.94. The number of ether oxygens (including phenoxy) is 1. The fraction of sp³-hybridized carbons (Fsp3) is 0.214. The smallest absolute Gasteiger partial charge is 0.352 e. The summed E-state index contributed by atoms with van der Waals surface area (Å²) in [6.45, 7) is 0.592. The Bertz CT molecular complexity index is 1780. The van der Waals surface area contributed by atoms with Gasteiger partial charge >= 0.3 is 11.6 Å². The molecule has 3 aromatic heterocycles. The topological polar surface area (TPSA) is 165 Å². The number of imidazole rings is 1. The van der Waals surface area contributed by atoms with Gasteiger partial charge in [0.25, 0.3) is 11.8 Å². The maximum Gasteiger partial charge on any atom is 0.352 e. The number of hydrogen-bond acceptors (Lipinski definition) is 10. The van der Waals surface area contributed by atoms with Gasteiger partial charge in [-0.3, -0.25) is 14.5 Å². The Balaban J connectivity index is 1.23. The average molecular weight is 621 g/mol. The molecule has 13 nitrogen and oxygen atoms in total. The minimum Gasteiger partial charge on any atom is -0.481 e. The first-order valence-corrected chi connectivity index (χ1v) is 15.0. The number of carbonyl (C=O) groups is 3. The maximum atomic E-state index is 13.3. The standard InChI is InChI=1S/C28H25N7O6S2/c1-40-32-20(18-15-43-28(29)30-18)23(36)31-21-25(37)35-22(27(38)39)17(14-42-26(21)35)12-34-11-10-33-9-5-8-19(24(33)34)41-13-16-6-3-2-4-7-16/h2-11,15,21,26H,12-14H2,1H3,(H3-,29,30,31,36,38,39)/p+1/t21-,26+/m1/s1. The third kappa shape index (κ3) is 5.39. The van der Waals surface area contributed by atoms with Gasteiger partial charge in [0.2, 0.25) is 5.75 Å². The van der Waals surface area contributed by atoms with E-state index in [1.807, 2.05) is 70.0 Å². The zero-order valence-corrected chi connectivity index (χ0v) is 24.4. The number of nitrogens with zero attached hydrogens (tertiary/aromatic N) is 5. The number of anilines is 1. The van der Waals surface area contributed by atoms with E-state index in [1.54, 1.807) is 5.38 Å². The number of hydrogen-bond donors (Lipinski definition) is 3. The van der Waals surface area contributed by atoms with Crippen LogP contribution in [0, 0.1) is 0 Å². The van der Waals surface area contributed by atoms with Crippen molar-refractivity contribution in [3.05, 3.63) is 89.0 Å². The normalized spacial score (nSPS) is 18.3. The van der Waals surface area contributed by atoms with Gasteiger partial charge in [-0.15, -0.1) is 23.1 Å². The molecule has 0 aliphatic carbocycles. The number of amides is 2. The van der Waals surface area contributed by atoms with Crippen molar-refractivity contribution < 1.29 is 33.6 Å². The van der Waals surface area contributed by atoms with Crippen molar-refractivity contribution in [2.75, 3.05) is 18.6 Å². The van der Waals surface area contributed by atoms with Crippen molar-refractivity contribution >= 4 is 57.4 Å². The number of benzene rings is 1. The summed E-state index contributed by atoms with van der Waals surface area (Å²) in [5.74, 6) is -1.47. The van der Waals surface area contributed by atoms with Crippen molar-refractivity contribution in [3.63, 3.8) is 0 Å². The lowest BCUT2D eigenvalue weighted by Crippen LogP contribution is -2.71. The number of nitrogens with one attached hydrogen (secondary N) is 1. The van der Waals surface area contributed by atoms with E-state index in [4.69, 9.17) is 15.3 Å². The molecule has 4 N–H and O–H groups in total. The lowest BCUT2D eigenvalue weighted by molar-refractivity contribution is -0.662. The highest BCUT2D eigenvalue weighted by Crippen LogP contribution is 2.40. The van der Waals surface area contributed by atoms with Crippen molar-refractivity contribution in [3.8, 4) is 5.75 Å². The minimum absolute atomic E-state index is 0.0909. The number of rotatable bonds is 10. The highest BCUT2D eigenvalue weighted by molar-refractivity contribution is 8.00. The summed E-state index contributed by atoms with van der Waals surface area (Å²) in [4.78, 5) is 48.9. The number of carbonyl (C=O) groups excluding carboxylic acids is 2. The first kappa shape index (κ1) is 28.2. The number of aliphatic carboxylic acids is 1. The van der Waals surface area contributed by atoms with Crippen LogP contribution < -0.4 is 20.4 Å². The second kappa shape index (κ2) is 11.8. The second-order valence-electron chi connectivity index (χ2n) is 9.62. The van der Waals surface area contributed by atoms with Crippen LogP contribution in [0.25, 0.3) is 5.65 Å². The van der Waals surface area contributed by atoms with E-state index in [9.17, 15) is 19.5 Å². The van der Waals surface area contributed by atoms with Crippen LogP contribution in [0.5, 0.6) is 5.75 Å². The van der Waals surface area contributed by atoms with Gasteiger partial charge in [-0.05, 0) is 17.7 Å². The molecule has 0 spiro atoms. The van der Waals surface area contributed by atoms with Crippen molar-refractivity contribution in [2.45, 2.75) is 24.6 Å². The van der Waals surface area contributed by atoms with Crippen LogP contribution in [0.3, 0.4) is 0 Å². The Morgan fingerprint density at radius 3 is 2.77 bits per heavy atom. The molecular formula is C28H26N7O6S2+. The molecule has 43 heavy (non-hydrogen) atoms. The number of carboxylic acid groups (broad SMARTS) is 1. The Morgan fingerprint density at radius 2 is 2.05 bits per heavy atom. The molecule has 220 valence electrons. The van der Waals surface area contributed by atoms with Crippen LogP contribution in [-0.2, 0) is 32.4 Å². The SMILES string of the molecule is CON=C(C(=O)N[C@@H]1C(=O)N2C(C(=O)O)=C(C[n+]3ccn4cccc(OCc5ccccc5)c43)CS[C@@H]12)c1csc(N)n1. The lowest BCUT2D eigenvalue weighted by Gasteiger charge is -2.49. The van der Waals surface area contributed by atoms with Gasteiger partial charge in [-0.1, -0.05) is 35.5 Å². The molecule has 0 radical (unpaired) electrons. The maximum absolute atomic E-state index is 13.3. The number of β-lactam (4-membered cyclic amide) rings is 1. The summed E-state index contributed by atoms with van der Waals surface area (Å²) in [5, 5.41) is 17.8. The van der Waals surface area contributed by atoms with E-state index in [0.717, 1.165) is 22.5 Å². The number of pyridine rings is 1. The van der Waals surface area contributed by atoms with Crippen LogP contribution in [0.2, 0.25) is 0 Å². The zero-order chi connectivity index (χ0) is 30.1. The summed E-state index contributed by atoms with van der Waals surface area (Å²) in [6, 6.07) is 12.6. The van der Waals surface area contributed by atoms with Crippen LogP contribution in [0.1, 0.15) is 11.3 Å². The number of nitrogens with two attached hydrogens (primary N) is 1. The van der Waals surface area contributed by atoms with E-state index < -0.39 is 29.2 Å². The largest absolute Gasteiger partial charge is 0.481 e. The average Bonchev–Trinajstić information content (AvgIpc) is 3.63. The quantitative estimate of drug-likeness (QED) is 0.103. The summed E-state index contributed by atoms with van der Waals surface area (Å²) >= 11 is 2.50. The van der Waals surface area contributed by atoms with Crippen LogP contribution >= 0.6 is 23.1 Å². The van der Waals surface area contributed by atoms with Gasteiger partial charge in [-0.25, -0.2) is 14.3 Å². The molecule has 1 saturated heterocycles. The minimum atomic E-state index is -1.22. The van der Waals surface area contributed by atoms with Crippen LogP contribution in [-0.4, -0.2) is 67.2 Å². The number of thioether (sulfide) groups is 1. The molecule has 0 unspecified atom stereocenters. The molecular weight excluding hydrogens is 594 g/mol. The van der Waals surface area contributed by atoms with Gasteiger partial charge in [0, 0.05) is 16.7 Å². The molecule has 2 atom stereocenters. The van der Waals surface area contributed by atoms with Gasteiger partial charge in [0.05, 0.1) is 6.20 Å². The fourth-order valence-electron chi connectivity index (χ4n) is 5.02. The first-order valence-electron chi connectivity index (χ1n) is 13.0. The Morgan fingerprint density at radius 1 is 1.23 bits per heavy atom. The molecule has 2 aliphatic rings. The summed E-state index contributed by atoms with van der Waals surface area (Å²) in [6.07, 6.45) is 5.59. The van der Waals surface area contributed by atoms with E-state index in [2.05, 4.69) is 15.5 Å². The lowest BCUT2D eigenvalue weighted by atomic mass is 10.0. The molecule has 1 fully saturated rings. The fourth-order valence-corrected chi connectivity index (χ4v) is 6.90. The van der Waals surface area contributed by atoms with Gasteiger partial charge < -0.3 is 25.7 Å². The molecule has 4 aromatic rings. The third-order valence-corrected chi connectivity index (χ3v) is 8.95. The Hall–Kier alpha value is -4.89. The molecule has 1 aromatic carbocycles. The molecule has 0 bridgehead atoms. The molecule has 5 heterocycles. The van der Waals surface area contributed by atoms with E-state index >= 15 is 0 Å². The molecule has 2 aliphatic heterocycles. The van der Waals surface area contributed by atoms with E-state index in [-0.39, 0.29) is 28.8 Å². The summed E-state index contributed by atoms with van der Waals surface area (Å²) in [7, 11) is 1.28. The number of nitrogen functional groups attached to an aromatic ring is 1. The second-order valence-corrected chi connectivity index (χ2v) is 11.6. The Labute approximate surface area is 253 Å². The van der Waals surface area contributed by atoms with Crippen LogP contribution in [0.4, 0.5) is 5.13 Å². The van der Waals surface area contributed by atoms with Crippen molar-refractivity contribution in [1.29, 1.82) is 0 Å². The monoisotopic (exact) mass is 620 g/mol. The zero-order valence-electron chi connectivity index (χ0n) is 22.7. The predicted molar refractivity (Wildman–Crippen MR) is 158 cm³/mol. The van der Waals surface area contributed by atoms with Gasteiger partial charge in [0.1, 0.15) is 55.5 Å². The number of aromatic nitrogens is 3. The highest BCUT2D eigenvalue weighted by Gasteiger charge is 2.54. The molecule has 2 amide bonds. The number of thiazole rings is 1. The van der Waals surface area contributed by atoms with Crippen molar-refractivity contribution in [2.24, 2.45) is 5.16 Å². The van der Waals surface area contributed by atoms with Crippen molar-refractivity contribution in [1.82, 2.24) is 19.6 Å². The third-order valence-electron chi connectivity index (χ3n) is 6.94. The highest BCUT2D eigenvalue weighted by atomic mass is 32.2. The molecule has 15 heteroatoms. The predicted octanol–water partition coefficient (Wildman–Crippen LogP) is 1.63.